The largest absolute Gasteiger partial charge is 0.481 e. The van der Waals surface area contributed by atoms with Crippen LogP contribution < -0.4 is 48.3 Å². The van der Waals surface area contributed by atoms with Crippen LogP contribution in [-0.4, -0.2) is 182 Å². The van der Waals surface area contributed by atoms with E-state index in [0.29, 0.717) is 37.9 Å². The molecule has 0 saturated carbocycles. The highest BCUT2D eigenvalue weighted by molar-refractivity contribution is 5.98. The first kappa shape index (κ1) is 58.5. The predicted octanol–water partition coefficient (Wildman–Crippen LogP) is -5.01. The summed E-state index contributed by atoms with van der Waals surface area (Å²) < 4.78 is 0. The summed E-state index contributed by atoms with van der Waals surface area (Å²) in [5, 5.41) is 68.6. The van der Waals surface area contributed by atoms with Crippen molar-refractivity contribution in [3.8, 4) is 0 Å². The van der Waals surface area contributed by atoms with E-state index in [1.165, 1.54) is 4.90 Å². The minimum absolute atomic E-state index is 0.0741. The number of benzene rings is 1. The van der Waals surface area contributed by atoms with Crippen LogP contribution in [0.3, 0.4) is 0 Å². The molecule has 0 spiro atoms. The second-order valence-electron chi connectivity index (χ2n) is 17.9. The number of hydrogen-bond donors (Lipinski definition) is 14. The number of carbonyl (C=O) groups is 11. The molecule has 9 amide bonds. The van der Waals surface area contributed by atoms with Crippen molar-refractivity contribution in [3.63, 3.8) is 0 Å². The minimum Gasteiger partial charge on any atom is -0.481 e. The lowest BCUT2D eigenvalue weighted by Crippen LogP contribution is -2.62. The van der Waals surface area contributed by atoms with Gasteiger partial charge >= 0.3 is 11.9 Å². The molecule has 0 radical (unpaired) electrons. The normalized spacial score (nSPS) is 18.8. The smallest absolute Gasteiger partial charge is 0.328 e. The van der Waals surface area contributed by atoms with E-state index >= 15 is 0 Å². The molecule has 2 fully saturated rings. The molecule has 10 atom stereocenters. The number of aliphatic carboxylic acids is 2. The van der Waals surface area contributed by atoms with Crippen LogP contribution in [0.1, 0.15) is 84.1 Å². The number of likely N-dealkylation sites (tertiary alicyclic amines) is 1. The Balaban J connectivity index is 1.80. The van der Waals surface area contributed by atoms with Gasteiger partial charge in [-0.3, -0.25) is 47.9 Å². The number of nitrogens with zero attached hydrogens (tertiary/aromatic N) is 1. The first-order valence-electron chi connectivity index (χ1n) is 23.4. The molecule has 0 bridgehead atoms. The maximum Gasteiger partial charge on any atom is 0.328 e. The molecule has 0 unspecified atom stereocenters. The molecule has 1 aromatic rings. The van der Waals surface area contributed by atoms with Gasteiger partial charge in [-0.1, -0.05) is 44.2 Å². The number of carbonyl (C=O) groups excluding carboxylic acids is 9. The standard InChI is InChI=1S/C45H68N10O16/c1-23(2)19-29(50-42(67)33-12-8-18-55(33)44(69)28-11-7-17-47-28)39(64)52-31(21-56)41(66)49-26(13-15-34(46)59)37(62)48-27(14-16-35(60)61)38(63)54-36(24(3)58)43(68)51-30(20-25-9-5-4-6-10-25)40(65)53-32(22-57)45(70)71/h4-6,9-10,23-24,26-33,36,47,56-58H,7-8,11-22H2,1-3H3,(H2,46,59)(H,48,62)(H,49,66)(H,50,67)(H,51,68)(H,52,64)(H,53,65)(H,54,63)(H,60,61)(H,70,71)/t24-,26+,27+,28+,29+,30+,31+,32+,33+,36+/m1/s1. The Morgan fingerprint density at radius 1 is 0.662 bits per heavy atom. The SMILES string of the molecule is CC(C)C[C@H](NC(=O)[C@@H]1CCCN1C(=O)[C@@H]1CCCN1)C(=O)N[C@@H](CO)C(=O)N[C@@H](CCC(N)=O)C(=O)N[C@@H](CCC(=O)O)C(=O)N[C@H](C(=O)N[C@@H](Cc1ccccc1)C(=O)N[C@@H](CO)C(=O)O)[C@@H](C)O. The molecule has 15 N–H and O–H groups in total. The van der Waals surface area contributed by atoms with Crippen LogP contribution in [0.4, 0.5) is 0 Å². The number of primary amides is 1. The first-order chi connectivity index (χ1) is 33.6. The van der Waals surface area contributed by atoms with Gasteiger partial charge in [-0.2, -0.15) is 0 Å². The lowest BCUT2D eigenvalue weighted by atomic mass is 10.0. The van der Waals surface area contributed by atoms with E-state index in [1.807, 2.05) is 0 Å². The molecule has 394 valence electrons. The number of nitrogens with one attached hydrogen (secondary N) is 8. The van der Waals surface area contributed by atoms with Gasteiger partial charge in [0.25, 0.3) is 0 Å². The number of carboxylic acids is 2. The lowest BCUT2D eigenvalue weighted by Gasteiger charge is -2.29. The fourth-order valence-corrected chi connectivity index (χ4v) is 7.91. The third kappa shape index (κ3) is 18.8. The van der Waals surface area contributed by atoms with E-state index in [0.717, 1.165) is 13.3 Å². The van der Waals surface area contributed by atoms with E-state index in [1.54, 1.807) is 44.2 Å². The summed E-state index contributed by atoms with van der Waals surface area (Å²) in [6.07, 6.45) is -1.99. The number of aliphatic hydroxyl groups excluding tert-OH is 3. The van der Waals surface area contributed by atoms with Crippen LogP contribution in [0.2, 0.25) is 0 Å². The number of rotatable bonds is 29. The summed E-state index contributed by atoms with van der Waals surface area (Å²) in [7, 11) is 0. The Kier molecular flexibility index (Phi) is 23.7. The Morgan fingerprint density at radius 3 is 1.73 bits per heavy atom. The number of nitrogens with two attached hydrogens (primary N) is 1. The highest BCUT2D eigenvalue weighted by Gasteiger charge is 2.40. The van der Waals surface area contributed by atoms with Crippen LogP contribution in [0.15, 0.2) is 30.3 Å². The second kappa shape index (κ2) is 28.8. The predicted molar refractivity (Wildman–Crippen MR) is 248 cm³/mol. The molecule has 2 saturated heterocycles. The zero-order valence-electron chi connectivity index (χ0n) is 39.9. The van der Waals surface area contributed by atoms with Crippen LogP contribution in [0.25, 0.3) is 0 Å². The summed E-state index contributed by atoms with van der Waals surface area (Å²) in [6.45, 7) is 3.61. The van der Waals surface area contributed by atoms with E-state index in [4.69, 9.17) is 5.73 Å². The molecular weight excluding hydrogens is 937 g/mol. The highest BCUT2D eigenvalue weighted by Crippen LogP contribution is 2.21. The summed E-state index contributed by atoms with van der Waals surface area (Å²) in [5.74, 6) is -11.7. The van der Waals surface area contributed by atoms with Gasteiger partial charge in [0.15, 0.2) is 0 Å². The highest BCUT2D eigenvalue weighted by atomic mass is 16.4. The van der Waals surface area contributed by atoms with Gasteiger partial charge in [0.05, 0.1) is 25.4 Å². The van der Waals surface area contributed by atoms with Gasteiger partial charge in [0, 0.05) is 25.8 Å². The van der Waals surface area contributed by atoms with Crippen LogP contribution in [0.5, 0.6) is 0 Å². The number of carboxylic acid groups (broad SMARTS) is 2. The van der Waals surface area contributed by atoms with Gasteiger partial charge < -0.3 is 78.7 Å². The maximum atomic E-state index is 13.9. The van der Waals surface area contributed by atoms with Crippen LogP contribution >= 0.6 is 0 Å². The van der Waals surface area contributed by atoms with Gasteiger partial charge in [-0.15, -0.1) is 0 Å². The summed E-state index contributed by atoms with van der Waals surface area (Å²) >= 11 is 0. The molecule has 2 heterocycles. The van der Waals surface area contributed by atoms with Gasteiger partial charge in [-0.05, 0) is 69.9 Å². The zero-order chi connectivity index (χ0) is 52.9. The van der Waals surface area contributed by atoms with Gasteiger partial charge in [0.2, 0.25) is 53.2 Å². The Labute approximate surface area is 409 Å². The summed E-state index contributed by atoms with van der Waals surface area (Å²) in [6, 6.07) is -4.96. The average Bonchev–Trinajstić information content (AvgIpc) is 4.05. The van der Waals surface area contributed by atoms with Crippen molar-refractivity contribution < 1.29 is 78.3 Å². The molecule has 26 nitrogen and oxygen atoms in total. The molecular formula is C45H68N10O16. The first-order valence-corrected chi connectivity index (χ1v) is 23.4. The van der Waals surface area contributed by atoms with E-state index in [-0.39, 0.29) is 24.7 Å². The second-order valence-corrected chi connectivity index (χ2v) is 17.9. The molecule has 26 heteroatoms. The fourth-order valence-electron chi connectivity index (χ4n) is 7.91. The number of aliphatic hydroxyl groups is 3. The van der Waals surface area contributed by atoms with Crippen molar-refractivity contribution in [2.75, 3.05) is 26.3 Å². The van der Waals surface area contributed by atoms with Crippen molar-refractivity contribution in [1.82, 2.24) is 47.4 Å². The molecule has 0 aromatic heterocycles. The molecule has 71 heavy (non-hydrogen) atoms. The summed E-state index contributed by atoms with van der Waals surface area (Å²) in [4.78, 5) is 145. The Bertz CT molecular complexity index is 2050. The third-order valence-electron chi connectivity index (χ3n) is 11.7. The number of amides is 9. The van der Waals surface area contributed by atoms with Crippen molar-refractivity contribution in [1.29, 1.82) is 0 Å². The fraction of sp³-hybridized carbons (Fsp3) is 0.622. The minimum atomic E-state index is -1.90. The maximum absolute atomic E-state index is 13.9. The third-order valence-corrected chi connectivity index (χ3v) is 11.7. The van der Waals surface area contributed by atoms with Gasteiger partial charge in [0.1, 0.15) is 48.3 Å². The van der Waals surface area contributed by atoms with Crippen molar-refractivity contribution >= 4 is 65.1 Å². The zero-order valence-corrected chi connectivity index (χ0v) is 39.9. The van der Waals surface area contributed by atoms with E-state index < -0.39 is 159 Å². The molecule has 3 rings (SSSR count). The Morgan fingerprint density at radius 2 is 1.20 bits per heavy atom. The number of hydrogen-bond acceptors (Lipinski definition) is 15. The molecule has 2 aliphatic rings. The Hall–Kier alpha value is -6.77. The monoisotopic (exact) mass is 1000 g/mol. The van der Waals surface area contributed by atoms with Crippen molar-refractivity contribution in [2.24, 2.45) is 11.7 Å². The van der Waals surface area contributed by atoms with E-state index in [2.05, 4.69) is 42.5 Å². The summed E-state index contributed by atoms with van der Waals surface area (Å²) in [5.41, 5.74) is 5.81. The molecule has 1 aromatic carbocycles. The lowest BCUT2D eigenvalue weighted by molar-refractivity contribution is -0.143. The van der Waals surface area contributed by atoms with Gasteiger partial charge in [-0.25, -0.2) is 4.79 Å². The van der Waals surface area contributed by atoms with Crippen molar-refractivity contribution in [2.45, 2.75) is 145 Å². The topological polar surface area (TPSA) is 414 Å². The van der Waals surface area contributed by atoms with Crippen LogP contribution in [-0.2, 0) is 59.2 Å². The van der Waals surface area contributed by atoms with Crippen molar-refractivity contribution in [3.05, 3.63) is 35.9 Å². The average molecular weight is 1010 g/mol. The van der Waals surface area contributed by atoms with Crippen LogP contribution in [0, 0.1) is 5.92 Å². The molecule has 0 aliphatic carbocycles. The quantitative estimate of drug-likeness (QED) is 0.0357. The van der Waals surface area contributed by atoms with E-state index in [9.17, 15) is 78.3 Å². The molecule has 2 aliphatic heterocycles.